The second-order valence-electron chi connectivity index (χ2n) is 4.25. The van der Waals surface area contributed by atoms with Crippen molar-refractivity contribution in [2.75, 3.05) is 20.7 Å². The molecular weight excluding hydrogens is 238 g/mol. The van der Waals surface area contributed by atoms with Crippen LogP contribution in [0.15, 0.2) is 54.6 Å². The zero-order valence-corrected chi connectivity index (χ0v) is 11.3. The summed E-state index contributed by atoms with van der Waals surface area (Å²) in [7, 11) is 3.58. The Bertz CT molecular complexity index is 499. The predicted molar refractivity (Wildman–Crippen MR) is 76.7 cm³/mol. The molecule has 0 amide bonds. The van der Waals surface area contributed by atoms with Crippen LogP contribution in [0.2, 0.25) is 0 Å². The highest BCUT2D eigenvalue weighted by molar-refractivity contribution is 5.33. The molecule has 0 saturated heterocycles. The third-order valence-corrected chi connectivity index (χ3v) is 2.88. The molecule has 0 aliphatic carbocycles. The summed E-state index contributed by atoms with van der Waals surface area (Å²) in [5.41, 5.74) is 1.15. The lowest BCUT2D eigenvalue weighted by molar-refractivity contribution is 0.204. The van der Waals surface area contributed by atoms with E-state index in [1.54, 1.807) is 7.11 Å². The number of likely N-dealkylation sites (N-methyl/N-ethyl adjacent to an activating group) is 1. The van der Waals surface area contributed by atoms with Crippen molar-refractivity contribution in [3.63, 3.8) is 0 Å². The molecule has 0 heterocycles. The Labute approximate surface area is 114 Å². The second kappa shape index (κ2) is 6.81. The SMILES string of the molecule is CNCC(Oc1cccc(OC)c1)c1ccccc1. The highest BCUT2D eigenvalue weighted by Gasteiger charge is 2.12. The maximum absolute atomic E-state index is 6.04. The van der Waals surface area contributed by atoms with Crippen LogP contribution >= 0.6 is 0 Å². The molecule has 3 heteroatoms. The molecule has 2 aromatic carbocycles. The molecule has 0 radical (unpaired) electrons. The van der Waals surface area contributed by atoms with Gasteiger partial charge >= 0.3 is 0 Å². The molecule has 3 nitrogen and oxygen atoms in total. The standard InChI is InChI=1S/C16H19NO2/c1-17-12-16(13-7-4-3-5-8-13)19-15-10-6-9-14(11-15)18-2/h3-11,16-17H,12H2,1-2H3. The smallest absolute Gasteiger partial charge is 0.136 e. The molecule has 19 heavy (non-hydrogen) atoms. The molecule has 2 aromatic rings. The number of benzene rings is 2. The topological polar surface area (TPSA) is 30.5 Å². The molecule has 0 spiro atoms. The van der Waals surface area contributed by atoms with Gasteiger partial charge in [-0.1, -0.05) is 36.4 Å². The lowest BCUT2D eigenvalue weighted by Gasteiger charge is -2.19. The van der Waals surface area contributed by atoms with Gasteiger partial charge in [0.1, 0.15) is 17.6 Å². The largest absolute Gasteiger partial charge is 0.497 e. The average Bonchev–Trinajstić information content (AvgIpc) is 2.48. The maximum Gasteiger partial charge on any atom is 0.136 e. The summed E-state index contributed by atoms with van der Waals surface area (Å²) in [6.45, 7) is 0.751. The van der Waals surface area contributed by atoms with Gasteiger partial charge in [-0.2, -0.15) is 0 Å². The number of hydrogen-bond acceptors (Lipinski definition) is 3. The monoisotopic (exact) mass is 257 g/mol. The van der Waals surface area contributed by atoms with Gasteiger partial charge in [-0.25, -0.2) is 0 Å². The van der Waals surface area contributed by atoms with Gasteiger partial charge in [0.05, 0.1) is 7.11 Å². The Balaban J connectivity index is 2.16. The van der Waals surface area contributed by atoms with Crippen molar-refractivity contribution >= 4 is 0 Å². The third-order valence-electron chi connectivity index (χ3n) is 2.88. The second-order valence-corrected chi connectivity index (χ2v) is 4.25. The van der Waals surface area contributed by atoms with Crippen molar-refractivity contribution < 1.29 is 9.47 Å². The van der Waals surface area contributed by atoms with E-state index < -0.39 is 0 Å². The summed E-state index contributed by atoms with van der Waals surface area (Å²) >= 11 is 0. The molecule has 2 rings (SSSR count). The van der Waals surface area contributed by atoms with E-state index in [9.17, 15) is 0 Å². The number of hydrogen-bond donors (Lipinski definition) is 1. The minimum absolute atomic E-state index is 0.0155. The van der Waals surface area contributed by atoms with E-state index in [2.05, 4.69) is 17.4 Å². The van der Waals surface area contributed by atoms with Crippen molar-refractivity contribution in [1.29, 1.82) is 0 Å². The van der Waals surface area contributed by atoms with E-state index in [0.717, 1.165) is 23.6 Å². The van der Waals surface area contributed by atoms with E-state index in [4.69, 9.17) is 9.47 Å². The van der Waals surface area contributed by atoms with Crippen molar-refractivity contribution in [2.45, 2.75) is 6.10 Å². The quantitative estimate of drug-likeness (QED) is 0.862. The third kappa shape index (κ3) is 3.73. The Kier molecular flexibility index (Phi) is 4.81. The highest BCUT2D eigenvalue weighted by Crippen LogP contribution is 2.24. The number of methoxy groups -OCH3 is 1. The molecule has 1 atom stereocenters. The Hall–Kier alpha value is -2.00. The van der Waals surface area contributed by atoms with Crippen molar-refractivity contribution in [1.82, 2.24) is 5.32 Å². The summed E-state index contributed by atoms with van der Waals surface area (Å²) in [6.07, 6.45) is -0.0155. The zero-order chi connectivity index (χ0) is 13.5. The summed E-state index contributed by atoms with van der Waals surface area (Å²) in [4.78, 5) is 0. The number of nitrogens with one attached hydrogen (secondary N) is 1. The fraction of sp³-hybridized carbons (Fsp3) is 0.250. The molecule has 0 fully saturated rings. The van der Waals surface area contributed by atoms with Crippen LogP contribution in [0.1, 0.15) is 11.7 Å². The lowest BCUT2D eigenvalue weighted by atomic mass is 10.1. The lowest BCUT2D eigenvalue weighted by Crippen LogP contribution is -2.21. The van der Waals surface area contributed by atoms with Gasteiger partial charge in [0.25, 0.3) is 0 Å². The van der Waals surface area contributed by atoms with E-state index in [0.29, 0.717) is 0 Å². The van der Waals surface area contributed by atoms with Gasteiger partial charge in [-0.3, -0.25) is 0 Å². The van der Waals surface area contributed by atoms with Gasteiger partial charge in [-0.15, -0.1) is 0 Å². The van der Waals surface area contributed by atoms with Crippen LogP contribution in [-0.2, 0) is 0 Å². The first-order chi connectivity index (χ1) is 9.33. The van der Waals surface area contributed by atoms with Crippen LogP contribution in [0.5, 0.6) is 11.5 Å². The molecule has 0 aliphatic rings. The van der Waals surface area contributed by atoms with Gasteiger partial charge in [0.15, 0.2) is 0 Å². The first kappa shape index (κ1) is 13.4. The van der Waals surface area contributed by atoms with Crippen LogP contribution in [0.25, 0.3) is 0 Å². The van der Waals surface area contributed by atoms with Crippen LogP contribution in [0, 0.1) is 0 Å². The zero-order valence-electron chi connectivity index (χ0n) is 11.3. The minimum atomic E-state index is -0.0155. The first-order valence-electron chi connectivity index (χ1n) is 6.33. The van der Waals surface area contributed by atoms with Crippen molar-refractivity contribution in [2.24, 2.45) is 0 Å². The molecule has 1 N–H and O–H groups in total. The molecule has 0 aliphatic heterocycles. The summed E-state index contributed by atoms with van der Waals surface area (Å²) < 4.78 is 11.2. The van der Waals surface area contributed by atoms with Gasteiger partial charge in [-0.05, 0) is 24.7 Å². The fourth-order valence-corrected chi connectivity index (χ4v) is 1.92. The van der Waals surface area contributed by atoms with Crippen LogP contribution in [0.4, 0.5) is 0 Å². The minimum Gasteiger partial charge on any atom is -0.497 e. The Morgan fingerprint density at radius 1 is 1.00 bits per heavy atom. The molecule has 0 saturated carbocycles. The predicted octanol–water partition coefficient (Wildman–Crippen LogP) is 3.03. The Morgan fingerprint density at radius 3 is 2.42 bits per heavy atom. The van der Waals surface area contributed by atoms with E-state index in [-0.39, 0.29) is 6.10 Å². The van der Waals surface area contributed by atoms with Crippen molar-refractivity contribution in [3.05, 3.63) is 60.2 Å². The van der Waals surface area contributed by atoms with E-state index in [1.807, 2.05) is 49.5 Å². The molecule has 100 valence electrons. The van der Waals surface area contributed by atoms with Gasteiger partial charge in [0, 0.05) is 12.6 Å². The first-order valence-corrected chi connectivity index (χ1v) is 6.33. The molecule has 0 aromatic heterocycles. The van der Waals surface area contributed by atoms with Crippen molar-refractivity contribution in [3.8, 4) is 11.5 Å². The Morgan fingerprint density at radius 2 is 1.74 bits per heavy atom. The van der Waals surface area contributed by atoms with Gasteiger partial charge < -0.3 is 14.8 Å². The fourth-order valence-electron chi connectivity index (χ4n) is 1.92. The maximum atomic E-state index is 6.04. The van der Waals surface area contributed by atoms with Crippen LogP contribution in [-0.4, -0.2) is 20.7 Å². The summed E-state index contributed by atoms with van der Waals surface area (Å²) in [6, 6.07) is 17.9. The van der Waals surface area contributed by atoms with E-state index in [1.165, 1.54) is 0 Å². The summed E-state index contributed by atoms with van der Waals surface area (Å²) in [5.74, 6) is 1.61. The summed E-state index contributed by atoms with van der Waals surface area (Å²) in [5, 5.41) is 3.16. The number of rotatable bonds is 6. The van der Waals surface area contributed by atoms with Gasteiger partial charge in [0.2, 0.25) is 0 Å². The van der Waals surface area contributed by atoms with E-state index >= 15 is 0 Å². The van der Waals surface area contributed by atoms with Crippen LogP contribution in [0.3, 0.4) is 0 Å². The van der Waals surface area contributed by atoms with Crippen LogP contribution < -0.4 is 14.8 Å². The molecular formula is C16H19NO2. The normalized spacial score (nSPS) is 11.9. The average molecular weight is 257 g/mol. The number of ether oxygens (including phenoxy) is 2. The molecule has 0 bridgehead atoms. The highest BCUT2D eigenvalue weighted by atomic mass is 16.5. The molecule has 1 unspecified atom stereocenters.